The summed E-state index contributed by atoms with van der Waals surface area (Å²) in [6.07, 6.45) is 4.48. The van der Waals surface area contributed by atoms with Crippen LogP contribution in [0.15, 0.2) is 11.6 Å². The fourth-order valence-electron chi connectivity index (χ4n) is 1.03. The maximum atomic E-state index is 10.8. The molecule has 0 aromatic heterocycles. The third-order valence-corrected chi connectivity index (χ3v) is 1.94. The van der Waals surface area contributed by atoms with Crippen LogP contribution in [0.25, 0.3) is 0 Å². The molecule has 0 spiro atoms. The van der Waals surface area contributed by atoms with E-state index in [0.29, 0.717) is 19.3 Å². The number of Topliss-reactive ketones (excluding diaryl/α,β-unsaturated/α-hetero) is 1. The van der Waals surface area contributed by atoms with Crippen molar-refractivity contribution in [3.63, 3.8) is 0 Å². The van der Waals surface area contributed by atoms with Gasteiger partial charge in [-0.3, -0.25) is 4.79 Å². The standard InChI is InChI=1S/C11H18O3/c1-9(5-4-6-10(2)12)7-8-11(13)14-3/h5H,4,6-8H2,1-3H3. The van der Waals surface area contributed by atoms with E-state index in [9.17, 15) is 9.59 Å². The third kappa shape index (κ3) is 7.53. The van der Waals surface area contributed by atoms with Crippen molar-refractivity contribution >= 4 is 11.8 Å². The van der Waals surface area contributed by atoms with Crippen molar-refractivity contribution in [3.8, 4) is 0 Å². The molecule has 0 saturated carbocycles. The van der Waals surface area contributed by atoms with Gasteiger partial charge in [0.25, 0.3) is 0 Å². The molecule has 3 heteroatoms. The lowest BCUT2D eigenvalue weighted by Crippen LogP contribution is -1.99. The number of ketones is 1. The number of ether oxygens (including phenoxy) is 1. The first-order valence-corrected chi connectivity index (χ1v) is 4.78. The van der Waals surface area contributed by atoms with Gasteiger partial charge < -0.3 is 9.53 Å². The average molecular weight is 198 g/mol. The molecule has 3 nitrogen and oxygen atoms in total. The normalized spacial score (nSPS) is 11.2. The van der Waals surface area contributed by atoms with Crippen LogP contribution >= 0.6 is 0 Å². The van der Waals surface area contributed by atoms with Gasteiger partial charge in [0.1, 0.15) is 5.78 Å². The van der Waals surface area contributed by atoms with E-state index in [-0.39, 0.29) is 11.8 Å². The highest BCUT2D eigenvalue weighted by Crippen LogP contribution is 2.07. The lowest BCUT2D eigenvalue weighted by Gasteiger charge is -2.00. The summed E-state index contributed by atoms with van der Waals surface area (Å²) >= 11 is 0. The molecule has 0 aliphatic carbocycles. The molecule has 0 fully saturated rings. The Bertz CT molecular complexity index is 229. The number of esters is 1. The number of hydrogen-bond acceptors (Lipinski definition) is 3. The molecule has 0 heterocycles. The molecule has 0 N–H and O–H groups in total. The summed E-state index contributed by atoms with van der Waals surface area (Å²) in [7, 11) is 1.39. The first-order chi connectivity index (χ1) is 6.56. The van der Waals surface area contributed by atoms with E-state index in [1.165, 1.54) is 7.11 Å². The zero-order valence-electron chi connectivity index (χ0n) is 9.13. The number of carbonyl (C=O) groups excluding carboxylic acids is 2. The molecule has 0 amide bonds. The minimum Gasteiger partial charge on any atom is -0.469 e. The van der Waals surface area contributed by atoms with Gasteiger partial charge in [0, 0.05) is 12.8 Å². The minimum absolute atomic E-state index is 0.190. The van der Waals surface area contributed by atoms with E-state index in [4.69, 9.17) is 0 Å². The fourth-order valence-corrected chi connectivity index (χ4v) is 1.03. The summed E-state index contributed by atoms with van der Waals surface area (Å²) < 4.78 is 4.52. The Hall–Kier alpha value is -1.12. The van der Waals surface area contributed by atoms with Crippen molar-refractivity contribution in [3.05, 3.63) is 11.6 Å². The van der Waals surface area contributed by atoms with Crippen LogP contribution in [0.4, 0.5) is 0 Å². The Morgan fingerprint density at radius 2 is 1.79 bits per heavy atom. The number of hydrogen-bond donors (Lipinski definition) is 0. The maximum absolute atomic E-state index is 10.8. The fraction of sp³-hybridized carbons (Fsp3) is 0.636. The van der Waals surface area contributed by atoms with Gasteiger partial charge in [-0.05, 0) is 26.7 Å². The van der Waals surface area contributed by atoms with Gasteiger partial charge in [0.15, 0.2) is 0 Å². The molecular formula is C11H18O3. The molecular weight excluding hydrogens is 180 g/mol. The van der Waals surface area contributed by atoms with Gasteiger partial charge in [0.05, 0.1) is 7.11 Å². The lowest BCUT2D eigenvalue weighted by molar-refractivity contribution is -0.140. The summed E-state index contributed by atoms with van der Waals surface area (Å²) in [5, 5.41) is 0. The van der Waals surface area contributed by atoms with Crippen molar-refractivity contribution in [2.24, 2.45) is 0 Å². The van der Waals surface area contributed by atoms with E-state index in [0.717, 1.165) is 12.0 Å². The Morgan fingerprint density at radius 3 is 2.29 bits per heavy atom. The summed E-state index contributed by atoms with van der Waals surface area (Å²) in [5.41, 5.74) is 1.14. The molecule has 0 unspecified atom stereocenters. The molecule has 0 aliphatic rings. The number of allylic oxidation sites excluding steroid dienone is 2. The number of carbonyl (C=O) groups is 2. The Morgan fingerprint density at radius 1 is 1.14 bits per heavy atom. The van der Waals surface area contributed by atoms with Gasteiger partial charge in [-0.15, -0.1) is 0 Å². The molecule has 14 heavy (non-hydrogen) atoms. The van der Waals surface area contributed by atoms with Crippen molar-refractivity contribution in [2.75, 3.05) is 7.11 Å². The molecule has 0 aromatic rings. The maximum Gasteiger partial charge on any atom is 0.305 e. The summed E-state index contributed by atoms with van der Waals surface area (Å²) in [6, 6.07) is 0. The van der Waals surface area contributed by atoms with Crippen molar-refractivity contribution in [1.82, 2.24) is 0 Å². The molecule has 0 aliphatic heterocycles. The van der Waals surface area contributed by atoms with Gasteiger partial charge in [-0.25, -0.2) is 0 Å². The zero-order valence-corrected chi connectivity index (χ0v) is 9.13. The summed E-state index contributed by atoms with van der Waals surface area (Å²) in [4.78, 5) is 21.4. The van der Waals surface area contributed by atoms with Crippen LogP contribution < -0.4 is 0 Å². The van der Waals surface area contributed by atoms with Crippen LogP contribution in [0.1, 0.15) is 39.5 Å². The van der Waals surface area contributed by atoms with Crippen LogP contribution in [0.2, 0.25) is 0 Å². The largest absolute Gasteiger partial charge is 0.469 e. The minimum atomic E-state index is -0.190. The van der Waals surface area contributed by atoms with Crippen LogP contribution in [-0.2, 0) is 14.3 Å². The molecule has 0 aromatic carbocycles. The van der Waals surface area contributed by atoms with Crippen molar-refractivity contribution in [1.29, 1.82) is 0 Å². The van der Waals surface area contributed by atoms with Gasteiger partial charge in [-0.2, -0.15) is 0 Å². The van der Waals surface area contributed by atoms with Crippen molar-refractivity contribution in [2.45, 2.75) is 39.5 Å². The topological polar surface area (TPSA) is 43.4 Å². The van der Waals surface area contributed by atoms with Crippen molar-refractivity contribution < 1.29 is 14.3 Å². The van der Waals surface area contributed by atoms with E-state index >= 15 is 0 Å². The van der Waals surface area contributed by atoms with Gasteiger partial charge in [0.2, 0.25) is 0 Å². The third-order valence-electron chi connectivity index (χ3n) is 1.94. The Balaban J connectivity index is 3.67. The molecule has 0 atom stereocenters. The predicted octanol–water partition coefficient (Wildman–Crippen LogP) is 2.26. The van der Waals surface area contributed by atoms with Crippen LogP contribution in [0.5, 0.6) is 0 Å². The smallest absolute Gasteiger partial charge is 0.305 e. The summed E-state index contributed by atoms with van der Waals surface area (Å²) in [6.45, 7) is 3.54. The molecule has 0 radical (unpaired) electrons. The second-order valence-electron chi connectivity index (χ2n) is 3.37. The Labute approximate surface area is 85.1 Å². The average Bonchev–Trinajstić information content (AvgIpc) is 2.13. The van der Waals surface area contributed by atoms with Crippen LogP contribution in [-0.4, -0.2) is 18.9 Å². The second-order valence-corrected chi connectivity index (χ2v) is 3.37. The predicted molar refractivity (Wildman–Crippen MR) is 54.9 cm³/mol. The highest BCUT2D eigenvalue weighted by Gasteiger charge is 2.00. The zero-order chi connectivity index (χ0) is 11.0. The Kier molecular flexibility index (Phi) is 6.72. The second kappa shape index (κ2) is 7.30. The first kappa shape index (κ1) is 12.9. The number of rotatable bonds is 6. The molecule has 0 saturated heterocycles. The van der Waals surface area contributed by atoms with E-state index in [1.807, 2.05) is 13.0 Å². The highest BCUT2D eigenvalue weighted by molar-refractivity contribution is 5.75. The highest BCUT2D eigenvalue weighted by atomic mass is 16.5. The van der Waals surface area contributed by atoms with Gasteiger partial charge >= 0.3 is 5.97 Å². The van der Waals surface area contributed by atoms with E-state index in [2.05, 4.69) is 4.74 Å². The first-order valence-electron chi connectivity index (χ1n) is 4.78. The van der Waals surface area contributed by atoms with Crippen LogP contribution in [0, 0.1) is 0 Å². The molecule has 0 rings (SSSR count). The van der Waals surface area contributed by atoms with E-state index in [1.54, 1.807) is 6.92 Å². The van der Waals surface area contributed by atoms with Crippen LogP contribution in [0.3, 0.4) is 0 Å². The molecule has 80 valence electrons. The van der Waals surface area contributed by atoms with E-state index < -0.39 is 0 Å². The lowest BCUT2D eigenvalue weighted by atomic mass is 10.1. The molecule has 0 bridgehead atoms. The monoisotopic (exact) mass is 198 g/mol. The number of methoxy groups -OCH3 is 1. The summed E-state index contributed by atoms with van der Waals surface area (Å²) in [5.74, 6) is 0.00587. The SMILES string of the molecule is COC(=O)CCC(C)=CCCC(C)=O. The van der Waals surface area contributed by atoms with Gasteiger partial charge in [-0.1, -0.05) is 11.6 Å². The quantitative estimate of drug-likeness (QED) is 0.485.